The van der Waals surface area contributed by atoms with Gasteiger partial charge in [-0.25, -0.2) is 0 Å². The highest BCUT2D eigenvalue weighted by Crippen LogP contribution is 2.34. The Bertz CT molecular complexity index is 906. The number of nitrogens with zero attached hydrogens (tertiary/aromatic N) is 5. The fourth-order valence-electron chi connectivity index (χ4n) is 2.35. The average Bonchev–Trinajstić information content (AvgIpc) is 3.23. The summed E-state index contributed by atoms with van der Waals surface area (Å²) in [6, 6.07) is 11.7. The summed E-state index contributed by atoms with van der Waals surface area (Å²) in [5, 5.41) is 23.0. The van der Waals surface area contributed by atoms with Gasteiger partial charge in [0.2, 0.25) is 12.6 Å². The molecule has 3 aromatic rings. The maximum Gasteiger partial charge on any atom is 0.269 e. The Labute approximate surface area is 135 Å². The number of hydrogen-bond donors (Lipinski definition) is 0. The highest BCUT2D eigenvalue weighted by atomic mass is 16.7. The van der Waals surface area contributed by atoms with Crippen LogP contribution in [0.4, 0.5) is 5.69 Å². The van der Waals surface area contributed by atoms with E-state index in [0.29, 0.717) is 23.9 Å². The molecule has 0 atom stereocenters. The van der Waals surface area contributed by atoms with Gasteiger partial charge in [-0.15, -0.1) is 10.2 Å². The first kappa shape index (κ1) is 14.1. The van der Waals surface area contributed by atoms with Crippen LogP contribution in [0.15, 0.2) is 42.5 Å². The minimum Gasteiger partial charge on any atom is -0.454 e. The lowest BCUT2D eigenvalue weighted by Gasteiger charge is -2.00. The average molecular weight is 325 g/mol. The van der Waals surface area contributed by atoms with E-state index in [9.17, 15) is 10.1 Å². The van der Waals surface area contributed by atoms with Gasteiger partial charge in [-0.1, -0.05) is 12.1 Å². The molecule has 0 bridgehead atoms. The van der Waals surface area contributed by atoms with Gasteiger partial charge in [0, 0.05) is 17.7 Å². The molecule has 1 aliphatic rings. The third-order valence-corrected chi connectivity index (χ3v) is 3.55. The summed E-state index contributed by atoms with van der Waals surface area (Å²) < 4.78 is 10.6. The Kier molecular flexibility index (Phi) is 3.30. The molecule has 24 heavy (non-hydrogen) atoms. The summed E-state index contributed by atoms with van der Waals surface area (Å²) in [6.07, 6.45) is 0. The molecule has 0 fully saturated rings. The molecular weight excluding hydrogens is 314 g/mol. The molecule has 9 heteroatoms. The van der Waals surface area contributed by atoms with Crippen molar-refractivity contribution in [2.75, 3.05) is 6.79 Å². The van der Waals surface area contributed by atoms with Gasteiger partial charge in [-0.3, -0.25) is 10.1 Å². The van der Waals surface area contributed by atoms with Crippen LogP contribution in [0.1, 0.15) is 5.56 Å². The van der Waals surface area contributed by atoms with Crippen molar-refractivity contribution in [3.05, 3.63) is 58.1 Å². The number of nitro benzene ring substituents is 1. The zero-order chi connectivity index (χ0) is 16.5. The molecule has 0 spiro atoms. The number of benzene rings is 2. The fraction of sp³-hybridized carbons (Fsp3) is 0.133. The van der Waals surface area contributed by atoms with Crippen molar-refractivity contribution in [2.45, 2.75) is 6.54 Å². The Balaban J connectivity index is 1.53. The molecule has 1 aromatic heterocycles. The number of hydrogen-bond acceptors (Lipinski definition) is 7. The lowest BCUT2D eigenvalue weighted by Crippen LogP contribution is -2.04. The van der Waals surface area contributed by atoms with Crippen molar-refractivity contribution in [1.82, 2.24) is 20.2 Å². The number of non-ortho nitro benzene ring substituents is 1. The van der Waals surface area contributed by atoms with E-state index >= 15 is 0 Å². The molecule has 4 rings (SSSR count). The van der Waals surface area contributed by atoms with Crippen LogP contribution in [0.2, 0.25) is 0 Å². The molecule has 0 amide bonds. The first-order valence-corrected chi connectivity index (χ1v) is 7.10. The van der Waals surface area contributed by atoms with Crippen LogP contribution in [0.25, 0.3) is 11.4 Å². The van der Waals surface area contributed by atoms with Crippen molar-refractivity contribution >= 4 is 5.69 Å². The van der Waals surface area contributed by atoms with E-state index in [-0.39, 0.29) is 12.5 Å². The normalized spacial score (nSPS) is 12.3. The zero-order valence-electron chi connectivity index (χ0n) is 12.3. The van der Waals surface area contributed by atoms with E-state index in [4.69, 9.17) is 9.47 Å². The number of aromatic nitrogens is 4. The van der Waals surface area contributed by atoms with E-state index in [2.05, 4.69) is 15.4 Å². The van der Waals surface area contributed by atoms with Crippen LogP contribution < -0.4 is 9.47 Å². The van der Waals surface area contributed by atoms with Gasteiger partial charge in [-0.05, 0) is 29.0 Å². The topological polar surface area (TPSA) is 105 Å². The second-order valence-corrected chi connectivity index (χ2v) is 5.14. The Morgan fingerprint density at radius 1 is 1.12 bits per heavy atom. The monoisotopic (exact) mass is 325 g/mol. The Hall–Kier alpha value is -3.49. The highest BCUT2D eigenvalue weighted by molar-refractivity contribution is 5.60. The maximum absolute atomic E-state index is 10.7. The summed E-state index contributed by atoms with van der Waals surface area (Å²) >= 11 is 0. The van der Waals surface area contributed by atoms with Crippen LogP contribution in [0.3, 0.4) is 0 Å². The van der Waals surface area contributed by atoms with E-state index < -0.39 is 4.92 Å². The zero-order valence-corrected chi connectivity index (χ0v) is 12.3. The molecule has 9 nitrogen and oxygen atoms in total. The summed E-state index contributed by atoms with van der Waals surface area (Å²) in [5.74, 6) is 1.81. The summed E-state index contributed by atoms with van der Waals surface area (Å²) in [6.45, 7) is 0.578. The number of nitro groups is 1. The van der Waals surface area contributed by atoms with Crippen LogP contribution >= 0.6 is 0 Å². The standard InChI is InChI=1S/C15H11N5O4/c21-20(22)12-4-1-10(2-5-12)8-19-17-15(16-18-19)11-3-6-13-14(7-11)24-9-23-13/h1-7H,8-9H2. The predicted octanol–water partition coefficient (Wildman–Crippen LogP) is 2.03. The quantitative estimate of drug-likeness (QED) is 0.533. The van der Waals surface area contributed by atoms with E-state index in [1.54, 1.807) is 24.3 Å². The third-order valence-electron chi connectivity index (χ3n) is 3.55. The van der Waals surface area contributed by atoms with Crippen LogP contribution in [-0.2, 0) is 6.54 Å². The predicted molar refractivity (Wildman–Crippen MR) is 81.6 cm³/mol. The Morgan fingerprint density at radius 2 is 1.92 bits per heavy atom. The molecule has 0 N–H and O–H groups in total. The molecule has 0 unspecified atom stereocenters. The third kappa shape index (κ3) is 2.62. The first-order valence-electron chi connectivity index (χ1n) is 7.10. The van der Waals surface area contributed by atoms with E-state index in [1.807, 2.05) is 6.07 Å². The summed E-state index contributed by atoms with van der Waals surface area (Å²) in [4.78, 5) is 11.7. The maximum atomic E-state index is 10.7. The van der Waals surface area contributed by atoms with Crippen LogP contribution in [0, 0.1) is 10.1 Å². The van der Waals surface area contributed by atoms with Gasteiger partial charge in [0.05, 0.1) is 11.5 Å². The number of fused-ring (bicyclic) bond motifs is 1. The van der Waals surface area contributed by atoms with Crippen molar-refractivity contribution in [3.8, 4) is 22.9 Å². The van der Waals surface area contributed by atoms with Crippen molar-refractivity contribution < 1.29 is 14.4 Å². The van der Waals surface area contributed by atoms with Crippen molar-refractivity contribution in [1.29, 1.82) is 0 Å². The van der Waals surface area contributed by atoms with Gasteiger partial charge in [0.25, 0.3) is 5.69 Å². The molecular formula is C15H11N5O4. The highest BCUT2D eigenvalue weighted by Gasteiger charge is 2.16. The molecule has 0 aliphatic carbocycles. The van der Waals surface area contributed by atoms with Crippen molar-refractivity contribution in [3.63, 3.8) is 0 Å². The minimum absolute atomic E-state index is 0.0475. The van der Waals surface area contributed by atoms with Crippen molar-refractivity contribution in [2.24, 2.45) is 0 Å². The van der Waals surface area contributed by atoms with Gasteiger partial charge < -0.3 is 9.47 Å². The summed E-state index contributed by atoms with van der Waals surface area (Å²) in [7, 11) is 0. The van der Waals surface area contributed by atoms with Crippen LogP contribution in [0.5, 0.6) is 11.5 Å². The van der Waals surface area contributed by atoms with Gasteiger partial charge in [-0.2, -0.15) is 4.80 Å². The Morgan fingerprint density at radius 3 is 2.71 bits per heavy atom. The van der Waals surface area contributed by atoms with E-state index in [0.717, 1.165) is 11.1 Å². The molecule has 1 aliphatic heterocycles. The number of tetrazole rings is 1. The first-order chi connectivity index (χ1) is 11.7. The molecule has 0 radical (unpaired) electrons. The molecule has 0 saturated heterocycles. The fourth-order valence-corrected chi connectivity index (χ4v) is 2.35. The van der Waals surface area contributed by atoms with E-state index in [1.165, 1.54) is 16.9 Å². The molecule has 2 aromatic carbocycles. The second kappa shape index (κ2) is 5.61. The summed E-state index contributed by atoms with van der Waals surface area (Å²) in [5.41, 5.74) is 1.66. The van der Waals surface area contributed by atoms with Gasteiger partial charge >= 0.3 is 0 Å². The van der Waals surface area contributed by atoms with Crippen LogP contribution in [-0.4, -0.2) is 31.9 Å². The molecule has 120 valence electrons. The minimum atomic E-state index is -0.435. The molecule has 2 heterocycles. The molecule has 0 saturated carbocycles. The van der Waals surface area contributed by atoms with Gasteiger partial charge in [0.1, 0.15) is 0 Å². The number of rotatable bonds is 4. The largest absolute Gasteiger partial charge is 0.454 e. The lowest BCUT2D eigenvalue weighted by atomic mass is 10.2. The lowest BCUT2D eigenvalue weighted by molar-refractivity contribution is -0.384. The second-order valence-electron chi connectivity index (χ2n) is 5.14. The van der Waals surface area contributed by atoms with Gasteiger partial charge in [0.15, 0.2) is 11.5 Å². The smallest absolute Gasteiger partial charge is 0.269 e. The SMILES string of the molecule is O=[N+]([O-])c1ccc(Cn2nnc(-c3ccc4c(c3)OCO4)n2)cc1. The number of ether oxygens (including phenoxy) is 2.